The van der Waals surface area contributed by atoms with Gasteiger partial charge in [-0.15, -0.1) is 0 Å². The van der Waals surface area contributed by atoms with Crippen LogP contribution in [-0.2, 0) is 6.54 Å². The van der Waals surface area contributed by atoms with Gasteiger partial charge in [0.05, 0.1) is 0 Å². The van der Waals surface area contributed by atoms with Gasteiger partial charge >= 0.3 is 0 Å². The highest BCUT2D eigenvalue weighted by Crippen LogP contribution is 2.23. The van der Waals surface area contributed by atoms with E-state index < -0.39 is 0 Å². The molecule has 0 aliphatic heterocycles. The van der Waals surface area contributed by atoms with Crippen LogP contribution < -0.4 is 5.32 Å². The molecule has 100 valence electrons. The number of para-hydroxylation sites is 1. The SMILES string of the molecule is Cc1cccc(CNC(C)c2ccccc2F)c1O. The first-order valence-corrected chi connectivity index (χ1v) is 6.35. The summed E-state index contributed by atoms with van der Waals surface area (Å²) in [7, 11) is 0. The molecular formula is C16H18FNO. The molecule has 1 unspecified atom stereocenters. The predicted octanol–water partition coefficient (Wildman–Crippen LogP) is 3.69. The Morgan fingerprint density at radius 2 is 1.89 bits per heavy atom. The average molecular weight is 259 g/mol. The molecule has 0 spiro atoms. The van der Waals surface area contributed by atoms with Gasteiger partial charge in [-0.2, -0.15) is 0 Å². The third kappa shape index (κ3) is 3.12. The monoisotopic (exact) mass is 259 g/mol. The smallest absolute Gasteiger partial charge is 0.127 e. The van der Waals surface area contributed by atoms with Crippen molar-refractivity contribution in [1.29, 1.82) is 0 Å². The summed E-state index contributed by atoms with van der Waals surface area (Å²) >= 11 is 0. The van der Waals surface area contributed by atoms with Gasteiger partial charge in [-0.05, 0) is 25.5 Å². The second-order valence-corrected chi connectivity index (χ2v) is 4.71. The molecule has 2 aromatic carbocycles. The molecule has 2 aromatic rings. The van der Waals surface area contributed by atoms with Crippen LogP contribution in [0.5, 0.6) is 5.75 Å². The topological polar surface area (TPSA) is 32.3 Å². The van der Waals surface area contributed by atoms with Crippen molar-refractivity contribution >= 4 is 0 Å². The van der Waals surface area contributed by atoms with Crippen molar-refractivity contribution in [2.75, 3.05) is 0 Å². The molecule has 0 bridgehead atoms. The summed E-state index contributed by atoms with van der Waals surface area (Å²) in [5.74, 6) is 0.0895. The Morgan fingerprint density at radius 1 is 1.16 bits per heavy atom. The largest absolute Gasteiger partial charge is 0.507 e. The second kappa shape index (κ2) is 5.85. The lowest BCUT2D eigenvalue weighted by molar-refractivity contribution is 0.454. The van der Waals surface area contributed by atoms with Gasteiger partial charge in [-0.25, -0.2) is 4.39 Å². The minimum absolute atomic E-state index is 0.110. The first kappa shape index (κ1) is 13.6. The van der Waals surface area contributed by atoms with Gasteiger partial charge in [-0.1, -0.05) is 36.4 Å². The molecule has 0 aliphatic carbocycles. The highest BCUT2D eigenvalue weighted by Gasteiger charge is 2.11. The molecule has 2 rings (SSSR count). The molecule has 1 atom stereocenters. The summed E-state index contributed by atoms with van der Waals surface area (Å²) < 4.78 is 13.6. The van der Waals surface area contributed by atoms with Crippen molar-refractivity contribution in [3.05, 3.63) is 65.0 Å². The molecular weight excluding hydrogens is 241 g/mol. The molecule has 3 heteroatoms. The third-order valence-corrected chi connectivity index (χ3v) is 3.29. The lowest BCUT2D eigenvalue weighted by Gasteiger charge is -2.16. The number of phenolic OH excluding ortho intramolecular Hbond substituents is 1. The van der Waals surface area contributed by atoms with Crippen molar-refractivity contribution in [2.24, 2.45) is 0 Å². The van der Waals surface area contributed by atoms with E-state index in [1.165, 1.54) is 6.07 Å². The van der Waals surface area contributed by atoms with Crippen LogP contribution in [0.15, 0.2) is 42.5 Å². The number of hydrogen-bond donors (Lipinski definition) is 2. The molecule has 0 heterocycles. The fraction of sp³-hybridized carbons (Fsp3) is 0.250. The first-order valence-electron chi connectivity index (χ1n) is 6.35. The summed E-state index contributed by atoms with van der Waals surface area (Å²) in [6.45, 7) is 4.27. The van der Waals surface area contributed by atoms with Crippen LogP contribution in [0.3, 0.4) is 0 Å². The number of aryl methyl sites for hydroxylation is 1. The van der Waals surface area contributed by atoms with Crippen LogP contribution in [0.2, 0.25) is 0 Å². The molecule has 19 heavy (non-hydrogen) atoms. The highest BCUT2D eigenvalue weighted by atomic mass is 19.1. The molecule has 0 amide bonds. The molecule has 0 aromatic heterocycles. The van der Waals surface area contributed by atoms with E-state index in [-0.39, 0.29) is 11.9 Å². The fourth-order valence-electron chi connectivity index (χ4n) is 2.06. The normalized spacial score (nSPS) is 12.4. The Bertz CT molecular complexity index is 568. The standard InChI is InChI=1S/C16H18FNO/c1-11-6-5-7-13(16(11)19)10-18-12(2)14-8-3-4-9-15(14)17/h3-9,12,18-19H,10H2,1-2H3. The van der Waals surface area contributed by atoms with E-state index >= 15 is 0 Å². The number of aromatic hydroxyl groups is 1. The number of phenols is 1. The van der Waals surface area contributed by atoms with Crippen LogP contribution in [0.1, 0.15) is 29.7 Å². The Hall–Kier alpha value is -1.87. The molecule has 0 radical (unpaired) electrons. The van der Waals surface area contributed by atoms with Crippen LogP contribution in [0, 0.1) is 12.7 Å². The number of rotatable bonds is 4. The van der Waals surface area contributed by atoms with Gasteiger partial charge in [-0.3, -0.25) is 0 Å². The molecule has 0 aliphatic rings. The summed E-state index contributed by atoms with van der Waals surface area (Å²) in [6, 6.07) is 12.2. The second-order valence-electron chi connectivity index (χ2n) is 4.71. The first-order chi connectivity index (χ1) is 9.09. The molecule has 2 N–H and O–H groups in total. The van der Waals surface area contributed by atoms with Crippen LogP contribution in [-0.4, -0.2) is 5.11 Å². The van der Waals surface area contributed by atoms with Crippen molar-refractivity contribution in [1.82, 2.24) is 5.32 Å². The van der Waals surface area contributed by atoms with E-state index in [0.717, 1.165) is 11.1 Å². The summed E-state index contributed by atoms with van der Waals surface area (Å²) in [5.41, 5.74) is 2.30. The van der Waals surface area contributed by atoms with Crippen molar-refractivity contribution in [3.63, 3.8) is 0 Å². The van der Waals surface area contributed by atoms with Gasteiger partial charge in [0.25, 0.3) is 0 Å². The summed E-state index contributed by atoms with van der Waals surface area (Å²) in [6.07, 6.45) is 0. The number of benzene rings is 2. The van der Waals surface area contributed by atoms with Crippen molar-refractivity contribution in [2.45, 2.75) is 26.4 Å². The van der Waals surface area contributed by atoms with Crippen molar-refractivity contribution in [3.8, 4) is 5.75 Å². The fourth-order valence-corrected chi connectivity index (χ4v) is 2.06. The van der Waals surface area contributed by atoms with Crippen LogP contribution in [0.4, 0.5) is 4.39 Å². The van der Waals surface area contributed by atoms with E-state index in [9.17, 15) is 9.50 Å². The average Bonchev–Trinajstić information content (AvgIpc) is 2.40. The maximum Gasteiger partial charge on any atom is 0.127 e. The van der Waals surface area contributed by atoms with E-state index in [4.69, 9.17) is 0 Å². The quantitative estimate of drug-likeness (QED) is 0.877. The maximum atomic E-state index is 13.6. The van der Waals surface area contributed by atoms with Gasteiger partial charge in [0, 0.05) is 23.7 Å². The Morgan fingerprint density at radius 3 is 2.63 bits per heavy atom. The summed E-state index contributed by atoms with van der Waals surface area (Å²) in [4.78, 5) is 0. The number of hydrogen-bond acceptors (Lipinski definition) is 2. The molecule has 0 saturated heterocycles. The van der Waals surface area contributed by atoms with Gasteiger partial charge in [0.2, 0.25) is 0 Å². The Labute approximate surface area is 112 Å². The van der Waals surface area contributed by atoms with E-state index in [2.05, 4.69) is 5.32 Å². The minimum Gasteiger partial charge on any atom is -0.507 e. The van der Waals surface area contributed by atoms with Crippen LogP contribution in [0.25, 0.3) is 0 Å². The van der Waals surface area contributed by atoms with E-state index in [1.807, 2.05) is 38.1 Å². The van der Waals surface area contributed by atoms with Gasteiger partial charge in [0.1, 0.15) is 11.6 Å². The molecule has 0 fully saturated rings. The van der Waals surface area contributed by atoms with E-state index in [0.29, 0.717) is 17.9 Å². The minimum atomic E-state index is -0.212. The maximum absolute atomic E-state index is 13.6. The zero-order valence-corrected chi connectivity index (χ0v) is 11.2. The Kier molecular flexibility index (Phi) is 4.17. The number of halogens is 1. The Balaban J connectivity index is 2.07. The third-order valence-electron chi connectivity index (χ3n) is 3.29. The van der Waals surface area contributed by atoms with Gasteiger partial charge < -0.3 is 10.4 Å². The zero-order valence-electron chi connectivity index (χ0n) is 11.2. The molecule has 0 saturated carbocycles. The zero-order chi connectivity index (χ0) is 13.8. The molecule has 2 nitrogen and oxygen atoms in total. The lowest BCUT2D eigenvalue weighted by Crippen LogP contribution is -2.19. The van der Waals surface area contributed by atoms with Crippen molar-refractivity contribution < 1.29 is 9.50 Å². The lowest BCUT2D eigenvalue weighted by atomic mass is 10.1. The predicted molar refractivity (Wildman–Crippen MR) is 74.5 cm³/mol. The number of nitrogens with one attached hydrogen (secondary N) is 1. The highest BCUT2D eigenvalue weighted by molar-refractivity contribution is 5.39. The van der Waals surface area contributed by atoms with E-state index in [1.54, 1.807) is 12.1 Å². The summed E-state index contributed by atoms with van der Waals surface area (Å²) in [5, 5.41) is 13.1. The van der Waals surface area contributed by atoms with Gasteiger partial charge in [0.15, 0.2) is 0 Å². The van der Waals surface area contributed by atoms with Crippen LogP contribution >= 0.6 is 0 Å².